The number of hydrogen-bond donors (Lipinski definition) is 3. The Labute approximate surface area is 109 Å². The monoisotopic (exact) mass is 268 g/mol. The number of carbonyl (C=O) groups is 2. The van der Waals surface area contributed by atoms with Gasteiger partial charge in [-0.05, 0) is 0 Å². The molecule has 104 valence electrons. The largest absolute Gasteiger partial charge is 0.408 e. The summed E-state index contributed by atoms with van der Waals surface area (Å²) < 4.78 is 5.04. The van der Waals surface area contributed by atoms with Gasteiger partial charge in [0.2, 0.25) is 17.7 Å². The van der Waals surface area contributed by atoms with Gasteiger partial charge < -0.3 is 15.5 Å². The lowest BCUT2D eigenvalue weighted by atomic mass is 10.2. The number of rotatable bonds is 4. The zero-order chi connectivity index (χ0) is 13.8. The van der Waals surface area contributed by atoms with Crippen LogP contribution in [0.15, 0.2) is 4.42 Å². The standard InChI is InChI=1S/C10H16N6O3/c1-6-14-15-10(19-6)13-8(17)5-16-3-2-12-4-7(16)9(11)18/h7,12H,2-5H2,1H3,(H2,11,18)(H,13,15,17). The zero-order valence-electron chi connectivity index (χ0n) is 10.5. The van der Waals surface area contributed by atoms with Crippen molar-refractivity contribution in [3.63, 3.8) is 0 Å². The molecule has 0 saturated carbocycles. The molecule has 0 aromatic carbocycles. The molecule has 1 aromatic heterocycles. The molecule has 2 amide bonds. The Hall–Kier alpha value is -2.00. The second-order valence-electron chi connectivity index (χ2n) is 4.27. The highest BCUT2D eigenvalue weighted by Crippen LogP contribution is 2.06. The van der Waals surface area contributed by atoms with E-state index in [1.165, 1.54) is 0 Å². The predicted octanol–water partition coefficient (Wildman–Crippen LogP) is -1.92. The van der Waals surface area contributed by atoms with Crippen molar-refractivity contribution in [2.45, 2.75) is 13.0 Å². The van der Waals surface area contributed by atoms with Crippen LogP contribution in [0.2, 0.25) is 0 Å². The molecule has 9 nitrogen and oxygen atoms in total. The number of nitrogens with zero attached hydrogens (tertiary/aromatic N) is 3. The minimum Gasteiger partial charge on any atom is -0.408 e. The number of amides is 2. The maximum Gasteiger partial charge on any atom is 0.322 e. The van der Waals surface area contributed by atoms with E-state index >= 15 is 0 Å². The zero-order valence-corrected chi connectivity index (χ0v) is 10.5. The molecule has 2 rings (SSSR count). The molecule has 9 heteroatoms. The highest BCUT2D eigenvalue weighted by atomic mass is 16.4. The summed E-state index contributed by atoms with van der Waals surface area (Å²) in [6.45, 7) is 3.40. The molecule has 0 aliphatic carbocycles. The summed E-state index contributed by atoms with van der Waals surface area (Å²) in [7, 11) is 0. The lowest BCUT2D eigenvalue weighted by molar-refractivity contribution is -0.125. The number of primary amides is 1. The van der Waals surface area contributed by atoms with E-state index in [9.17, 15) is 9.59 Å². The lowest BCUT2D eigenvalue weighted by Crippen LogP contribution is -2.58. The summed E-state index contributed by atoms with van der Waals surface area (Å²) in [5.41, 5.74) is 5.30. The highest BCUT2D eigenvalue weighted by molar-refractivity contribution is 5.91. The van der Waals surface area contributed by atoms with Crippen LogP contribution < -0.4 is 16.4 Å². The summed E-state index contributed by atoms with van der Waals surface area (Å²) in [5.74, 6) is -0.405. The van der Waals surface area contributed by atoms with Crippen molar-refractivity contribution in [2.75, 3.05) is 31.5 Å². The molecule has 1 aliphatic rings. The maximum atomic E-state index is 11.8. The molecular formula is C10H16N6O3. The van der Waals surface area contributed by atoms with E-state index in [-0.39, 0.29) is 18.5 Å². The fraction of sp³-hybridized carbons (Fsp3) is 0.600. The van der Waals surface area contributed by atoms with Crippen LogP contribution >= 0.6 is 0 Å². The third-order valence-electron chi connectivity index (χ3n) is 2.80. The van der Waals surface area contributed by atoms with Crippen molar-refractivity contribution in [3.05, 3.63) is 5.89 Å². The lowest BCUT2D eigenvalue weighted by Gasteiger charge is -2.33. The maximum absolute atomic E-state index is 11.8. The highest BCUT2D eigenvalue weighted by Gasteiger charge is 2.28. The van der Waals surface area contributed by atoms with Crippen molar-refractivity contribution in [1.29, 1.82) is 0 Å². The number of aryl methyl sites for hydroxylation is 1. The van der Waals surface area contributed by atoms with E-state index in [2.05, 4.69) is 20.8 Å². The average molecular weight is 268 g/mol. The first-order chi connectivity index (χ1) is 9.06. The normalized spacial score (nSPS) is 20.2. The number of anilines is 1. The van der Waals surface area contributed by atoms with Crippen molar-refractivity contribution < 1.29 is 14.0 Å². The van der Waals surface area contributed by atoms with Crippen LogP contribution in [-0.2, 0) is 9.59 Å². The van der Waals surface area contributed by atoms with Gasteiger partial charge in [-0.15, -0.1) is 5.10 Å². The van der Waals surface area contributed by atoms with E-state index < -0.39 is 11.9 Å². The molecule has 0 bridgehead atoms. The number of hydrogen-bond acceptors (Lipinski definition) is 7. The molecule has 2 heterocycles. The molecule has 0 spiro atoms. The van der Waals surface area contributed by atoms with Gasteiger partial charge in [-0.3, -0.25) is 19.8 Å². The van der Waals surface area contributed by atoms with Crippen molar-refractivity contribution >= 4 is 17.8 Å². The van der Waals surface area contributed by atoms with Gasteiger partial charge in [-0.2, -0.15) is 0 Å². The number of piperazine rings is 1. The average Bonchev–Trinajstić information content (AvgIpc) is 2.75. The Balaban J connectivity index is 1.91. The van der Waals surface area contributed by atoms with Crippen LogP contribution in [0.1, 0.15) is 5.89 Å². The summed E-state index contributed by atoms with van der Waals surface area (Å²) in [5, 5.41) is 12.8. The molecule has 1 saturated heterocycles. The van der Waals surface area contributed by atoms with Crippen molar-refractivity contribution in [3.8, 4) is 0 Å². The molecular weight excluding hydrogens is 252 g/mol. The SMILES string of the molecule is Cc1nnc(NC(=O)CN2CCNCC2C(N)=O)o1. The first-order valence-corrected chi connectivity index (χ1v) is 5.90. The smallest absolute Gasteiger partial charge is 0.322 e. The van der Waals surface area contributed by atoms with Crippen LogP contribution in [0.5, 0.6) is 0 Å². The van der Waals surface area contributed by atoms with Crippen LogP contribution in [0.3, 0.4) is 0 Å². The summed E-state index contributed by atoms with van der Waals surface area (Å²) >= 11 is 0. The first-order valence-electron chi connectivity index (χ1n) is 5.90. The predicted molar refractivity (Wildman–Crippen MR) is 65.1 cm³/mol. The Morgan fingerprint density at radius 3 is 3.00 bits per heavy atom. The number of nitrogens with two attached hydrogens (primary N) is 1. The second kappa shape index (κ2) is 5.76. The number of nitrogens with one attached hydrogen (secondary N) is 2. The van der Waals surface area contributed by atoms with Crippen molar-refractivity contribution in [2.24, 2.45) is 5.73 Å². The topological polar surface area (TPSA) is 126 Å². The van der Waals surface area contributed by atoms with Gasteiger partial charge in [0.15, 0.2) is 0 Å². The quantitative estimate of drug-likeness (QED) is 0.580. The van der Waals surface area contributed by atoms with Crippen LogP contribution in [0.4, 0.5) is 6.01 Å². The first kappa shape index (κ1) is 13.4. The number of carbonyl (C=O) groups excluding carboxylic acids is 2. The molecule has 1 aliphatic heterocycles. The minimum absolute atomic E-state index is 0.0493. The Morgan fingerprint density at radius 2 is 2.37 bits per heavy atom. The van der Waals surface area contributed by atoms with Gasteiger partial charge in [-0.25, -0.2) is 0 Å². The van der Waals surface area contributed by atoms with Crippen LogP contribution in [0.25, 0.3) is 0 Å². The third-order valence-corrected chi connectivity index (χ3v) is 2.80. The van der Waals surface area contributed by atoms with Gasteiger partial charge in [0, 0.05) is 26.6 Å². The van der Waals surface area contributed by atoms with Crippen molar-refractivity contribution in [1.82, 2.24) is 20.4 Å². The second-order valence-corrected chi connectivity index (χ2v) is 4.27. The summed E-state index contributed by atoms with van der Waals surface area (Å²) in [6, 6.07) is -0.433. The van der Waals surface area contributed by atoms with E-state index in [1.807, 2.05) is 0 Å². The number of aromatic nitrogens is 2. The Bertz CT molecular complexity index is 474. The van der Waals surface area contributed by atoms with E-state index in [1.54, 1.807) is 11.8 Å². The van der Waals surface area contributed by atoms with Gasteiger partial charge in [0.1, 0.15) is 6.04 Å². The summed E-state index contributed by atoms with van der Waals surface area (Å²) in [6.07, 6.45) is 0. The third kappa shape index (κ3) is 3.48. The van der Waals surface area contributed by atoms with Gasteiger partial charge in [-0.1, -0.05) is 5.10 Å². The molecule has 1 unspecified atom stereocenters. The fourth-order valence-electron chi connectivity index (χ4n) is 1.91. The van der Waals surface area contributed by atoms with Gasteiger partial charge in [0.25, 0.3) is 0 Å². The molecule has 1 fully saturated rings. The van der Waals surface area contributed by atoms with Gasteiger partial charge in [0.05, 0.1) is 6.54 Å². The minimum atomic E-state index is -0.482. The van der Waals surface area contributed by atoms with E-state index in [0.29, 0.717) is 25.5 Å². The summed E-state index contributed by atoms with van der Waals surface area (Å²) in [4.78, 5) is 24.8. The van der Waals surface area contributed by atoms with E-state index in [4.69, 9.17) is 10.2 Å². The van der Waals surface area contributed by atoms with Crippen LogP contribution in [0, 0.1) is 6.92 Å². The molecule has 1 atom stereocenters. The van der Waals surface area contributed by atoms with E-state index in [0.717, 1.165) is 0 Å². The molecule has 4 N–H and O–H groups in total. The molecule has 1 aromatic rings. The molecule has 0 radical (unpaired) electrons. The van der Waals surface area contributed by atoms with Crippen LogP contribution in [-0.4, -0.2) is 59.1 Å². The Kier molecular flexibility index (Phi) is 4.07. The molecule has 19 heavy (non-hydrogen) atoms. The fourth-order valence-corrected chi connectivity index (χ4v) is 1.91. The Morgan fingerprint density at radius 1 is 1.58 bits per heavy atom. The van der Waals surface area contributed by atoms with Gasteiger partial charge >= 0.3 is 6.01 Å².